The molecule has 2 rings (SSSR count). The van der Waals surface area contributed by atoms with Crippen molar-refractivity contribution < 1.29 is 14.6 Å². The highest BCUT2D eigenvalue weighted by Crippen LogP contribution is 2.24. The summed E-state index contributed by atoms with van der Waals surface area (Å²) in [5.74, 6) is 1.33. The van der Waals surface area contributed by atoms with E-state index in [0.717, 1.165) is 29.7 Å². The summed E-state index contributed by atoms with van der Waals surface area (Å²) in [7, 11) is 0. The highest BCUT2D eigenvalue weighted by molar-refractivity contribution is 5.74. The molecule has 2 N–H and O–H groups in total. The topological polar surface area (TPSA) is 61.8 Å². The second-order valence-electron chi connectivity index (χ2n) is 5.74. The highest BCUT2D eigenvalue weighted by Gasteiger charge is 2.20. The van der Waals surface area contributed by atoms with E-state index in [9.17, 15) is 9.90 Å². The van der Waals surface area contributed by atoms with Crippen LogP contribution < -0.4 is 10.1 Å². The molecule has 1 aliphatic heterocycles. The number of benzene rings is 1. The third-order valence-electron chi connectivity index (χ3n) is 4.27. The summed E-state index contributed by atoms with van der Waals surface area (Å²) in [5.41, 5.74) is 1.78. The van der Waals surface area contributed by atoms with Crippen molar-refractivity contribution in [3.05, 3.63) is 29.3 Å². The molecule has 5 heteroatoms. The van der Waals surface area contributed by atoms with Gasteiger partial charge in [-0.15, -0.1) is 0 Å². The maximum atomic E-state index is 12.4. The predicted octanol–water partition coefficient (Wildman–Crippen LogP) is 2.52. The van der Waals surface area contributed by atoms with E-state index < -0.39 is 0 Å². The molecule has 0 radical (unpaired) electrons. The zero-order valence-electron chi connectivity index (χ0n) is 13.5. The monoisotopic (exact) mass is 306 g/mol. The molecule has 1 heterocycles. The van der Waals surface area contributed by atoms with Crippen molar-refractivity contribution in [2.24, 2.45) is 5.92 Å². The molecule has 0 fully saturated rings. The Balaban J connectivity index is 2.01. The van der Waals surface area contributed by atoms with Gasteiger partial charge in [-0.2, -0.15) is 0 Å². The molecular weight excluding hydrogens is 280 g/mol. The van der Waals surface area contributed by atoms with Gasteiger partial charge in [0.2, 0.25) is 0 Å². The van der Waals surface area contributed by atoms with E-state index >= 15 is 0 Å². The lowest BCUT2D eigenvalue weighted by molar-refractivity contribution is 0.185. The van der Waals surface area contributed by atoms with E-state index in [-0.39, 0.29) is 12.6 Å². The van der Waals surface area contributed by atoms with Crippen LogP contribution in [0.25, 0.3) is 0 Å². The molecule has 1 aliphatic rings. The molecule has 0 saturated heterocycles. The van der Waals surface area contributed by atoms with Gasteiger partial charge in [-0.1, -0.05) is 32.8 Å². The number of rotatable bonds is 5. The smallest absolute Gasteiger partial charge is 0.317 e. The lowest BCUT2D eigenvalue weighted by Crippen LogP contribution is -2.42. The maximum Gasteiger partial charge on any atom is 0.317 e. The second-order valence-corrected chi connectivity index (χ2v) is 5.74. The minimum atomic E-state index is -0.0437. The van der Waals surface area contributed by atoms with Crippen LogP contribution in [0, 0.1) is 5.92 Å². The summed E-state index contributed by atoms with van der Waals surface area (Å²) >= 11 is 0. The Morgan fingerprint density at radius 2 is 2.18 bits per heavy atom. The number of amides is 2. The fourth-order valence-corrected chi connectivity index (χ4v) is 2.64. The molecule has 22 heavy (non-hydrogen) atoms. The number of nitrogens with zero attached hydrogens (tertiary/aromatic N) is 1. The number of hydrogen-bond acceptors (Lipinski definition) is 3. The SMILES string of the molecule is CCC(CC)CNC(=O)N1CCOc2ccc(CO)cc2C1. The minimum Gasteiger partial charge on any atom is -0.491 e. The Labute approximate surface area is 132 Å². The van der Waals surface area contributed by atoms with Gasteiger partial charge in [0.25, 0.3) is 0 Å². The van der Waals surface area contributed by atoms with E-state index in [4.69, 9.17) is 4.74 Å². The van der Waals surface area contributed by atoms with Crippen LogP contribution in [-0.2, 0) is 13.2 Å². The average molecular weight is 306 g/mol. The number of urea groups is 1. The molecule has 122 valence electrons. The van der Waals surface area contributed by atoms with Gasteiger partial charge in [0.1, 0.15) is 12.4 Å². The maximum absolute atomic E-state index is 12.4. The van der Waals surface area contributed by atoms with Crippen LogP contribution in [0.1, 0.15) is 37.8 Å². The quantitative estimate of drug-likeness (QED) is 0.878. The molecule has 0 aromatic heterocycles. The average Bonchev–Trinajstić information content (AvgIpc) is 2.77. The van der Waals surface area contributed by atoms with E-state index in [1.807, 2.05) is 18.2 Å². The number of fused-ring (bicyclic) bond motifs is 1. The summed E-state index contributed by atoms with van der Waals surface area (Å²) in [5, 5.41) is 12.3. The standard InChI is InChI=1S/C17H26N2O3/c1-3-13(4-2)10-18-17(21)19-7-8-22-16-6-5-14(12-20)9-15(16)11-19/h5-6,9,13,20H,3-4,7-8,10-12H2,1-2H3,(H,18,21). The molecule has 0 bridgehead atoms. The first-order valence-corrected chi connectivity index (χ1v) is 8.06. The van der Waals surface area contributed by atoms with Crippen molar-refractivity contribution in [1.82, 2.24) is 10.2 Å². The summed E-state index contributed by atoms with van der Waals surface area (Å²) in [4.78, 5) is 14.1. The summed E-state index contributed by atoms with van der Waals surface area (Å²) < 4.78 is 5.69. The van der Waals surface area contributed by atoms with Crippen LogP contribution in [-0.4, -0.2) is 35.7 Å². The van der Waals surface area contributed by atoms with Gasteiger partial charge in [-0.25, -0.2) is 4.79 Å². The first-order chi connectivity index (χ1) is 10.7. The van der Waals surface area contributed by atoms with Crippen LogP contribution in [0.5, 0.6) is 5.75 Å². The van der Waals surface area contributed by atoms with E-state index in [2.05, 4.69) is 19.2 Å². The molecular formula is C17H26N2O3. The fourth-order valence-electron chi connectivity index (χ4n) is 2.64. The Morgan fingerprint density at radius 3 is 2.86 bits per heavy atom. The Morgan fingerprint density at radius 1 is 1.41 bits per heavy atom. The second kappa shape index (κ2) is 8.03. The van der Waals surface area contributed by atoms with Crippen molar-refractivity contribution in [1.29, 1.82) is 0 Å². The lowest BCUT2D eigenvalue weighted by atomic mass is 10.0. The van der Waals surface area contributed by atoms with E-state index in [1.165, 1.54) is 0 Å². The summed E-state index contributed by atoms with van der Waals surface area (Å²) in [6.45, 7) is 6.57. The number of nitrogens with one attached hydrogen (secondary N) is 1. The third-order valence-corrected chi connectivity index (χ3v) is 4.27. The van der Waals surface area contributed by atoms with E-state index in [0.29, 0.717) is 32.2 Å². The third kappa shape index (κ3) is 4.13. The Kier molecular flexibility index (Phi) is 6.07. The van der Waals surface area contributed by atoms with Gasteiger partial charge in [0.05, 0.1) is 19.7 Å². The zero-order chi connectivity index (χ0) is 15.9. The van der Waals surface area contributed by atoms with Gasteiger partial charge in [-0.05, 0) is 23.6 Å². The first-order valence-electron chi connectivity index (χ1n) is 8.06. The fraction of sp³-hybridized carbons (Fsp3) is 0.588. The number of aliphatic hydroxyl groups excluding tert-OH is 1. The molecule has 1 aromatic carbocycles. The van der Waals surface area contributed by atoms with Crippen LogP contribution >= 0.6 is 0 Å². The van der Waals surface area contributed by atoms with E-state index in [1.54, 1.807) is 4.90 Å². The molecule has 5 nitrogen and oxygen atoms in total. The Hall–Kier alpha value is -1.75. The predicted molar refractivity (Wildman–Crippen MR) is 85.7 cm³/mol. The molecule has 0 spiro atoms. The number of carbonyl (C=O) groups excluding carboxylic acids is 1. The van der Waals surface area contributed by atoms with Crippen LogP contribution in [0.3, 0.4) is 0 Å². The molecule has 2 amide bonds. The van der Waals surface area contributed by atoms with Crippen LogP contribution in [0.15, 0.2) is 18.2 Å². The first kappa shape index (κ1) is 16.6. The summed E-state index contributed by atoms with van der Waals surface area (Å²) in [6, 6.07) is 5.58. The van der Waals surface area contributed by atoms with Crippen molar-refractivity contribution in [3.8, 4) is 5.75 Å². The van der Waals surface area contributed by atoms with Gasteiger partial charge in [-0.3, -0.25) is 0 Å². The van der Waals surface area contributed by atoms with Crippen LogP contribution in [0.2, 0.25) is 0 Å². The van der Waals surface area contributed by atoms with Gasteiger partial charge < -0.3 is 20.1 Å². The number of ether oxygens (including phenoxy) is 1. The van der Waals surface area contributed by atoms with Crippen molar-refractivity contribution >= 4 is 6.03 Å². The van der Waals surface area contributed by atoms with Crippen molar-refractivity contribution in [2.45, 2.75) is 39.8 Å². The van der Waals surface area contributed by atoms with Gasteiger partial charge in [0.15, 0.2) is 0 Å². The van der Waals surface area contributed by atoms with Crippen molar-refractivity contribution in [2.75, 3.05) is 19.7 Å². The van der Waals surface area contributed by atoms with Gasteiger partial charge in [0, 0.05) is 12.1 Å². The number of hydrogen-bond donors (Lipinski definition) is 2. The molecule has 0 saturated carbocycles. The lowest BCUT2D eigenvalue weighted by Gasteiger charge is -2.22. The zero-order valence-corrected chi connectivity index (χ0v) is 13.5. The number of aliphatic hydroxyl groups is 1. The molecule has 0 unspecified atom stereocenters. The molecule has 0 aliphatic carbocycles. The highest BCUT2D eigenvalue weighted by atomic mass is 16.5. The molecule has 0 atom stereocenters. The van der Waals surface area contributed by atoms with Gasteiger partial charge >= 0.3 is 6.03 Å². The largest absolute Gasteiger partial charge is 0.491 e. The van der Waals surface area contributed by atoms with Crippen LogP contribution in [0.4, 0.5) is 4.79 Å². The normalized spacial score (nSPS) is 14.3. The van der Waals surface area contributed by atoms with Crippen molar-refractivity contribution in [3.63, 3.8) is 0 Å². The number of carbonyl (C=O) groups is 1. The summed E-state index contributed by atoms with van der Waals surface area (Å²) in [6.07, 6.45) is 2.14. The minimum absolute atomic E-state index is 0.00580. The molecule has 1 aromatic rings. The Bertz CT molecular complexity index is 501.